The summed E-state index contributed by atoms with van der Waals surface area (Å²) in [5.41, 5.74) is 6.89. The summed E-state index contributed by atoms with van der Waals surface area (Å²) in [5.74, 6) is 0.279. The standard InChI is InChI=1S/C22H31N6O5P/c1-14(10-28-12-26-18-19(23)24-11-25-20(18)28)31-13-34(30)33-17-9-7-6-8-16(17)27-15(2)21(29)32-22(3,4)5/h6-9,11-12,14-15,27,34H,10,13H2,1-5H3,(H2,23,24,25)/t14?,15-/m0/s1. The molecule has 0 saturated heterocycles. The van der Waals surface area contributed by atoms with E-state index < -0.39 is 25.6 Å². The number of ether oxygens (including phenoxy) is 2. The van der Waals surface area contributed by atoms with Gasteiger partial charge in [-0.25, -0.2) is 19.7 Å². The minimum Gasteiger partial charge on any atom is -0.458 e. The minimum absolute atomic E-state index is 0.0778. The first kappa shape index (κ1) is 25.5. The summed E-state index contributed by atoms with van der Waals surface area (Å²) in [6, 6.07) is 6.35. The molecule has 2 unspecified atom stereocenters. The maximum atomic E-state index is 12.6. The molecule has 11 nitrogen and oxygen atoms in total. The first-order chi connectivity index (χ1) is 16.0. The molecule has 1 aromatic carbocycles. The number of nitrogens with two attached hydrogens (primary N) is 1. The largest absolute Gasteiger partial charge is 0.458 e. The Morgan fingerprint density at radius 3 is 2.68 bits per heavy atom. The molecule has 2 heterocycles. The van der Waals surface area contributed by atoms with Gasteiger partial charge in [0.15, 0.2) is 11.5 Å². The van der Waals surface area contributed by atoms with Crippen molar-refractivity contribution >= 4 is 36.7 Å². The van der Waals surface area contributed by atoms with E-state index in [4.69, 9.17) is 19.7 Å². The molecule has 3 rings (SSSR count). The van der Waals surface area contributed by atoms with Crippen LogP contribution in [0.25, 0.3) is 11.2 Å². The van der Waals surface area contributed by atoms with Crippen LogP contribution in [0.2, 0.25) is 0 Å². The van der Waals surface area contributed by atoms with Crippen LogP contribution in [0.5, 0.6) is 5.75 Å². The maximum Gasteiger partial charge on any atom is 0.328 e. The molecule has 0 saturated carbocycles. The number of hydrogen-bond donors (Lipinski definition) is 2. The van der Waals surface area contributed by atoms with Crippen molar-refractivity contribution in [2.24, 2.45) is 0 Å². The SMILES string of the molecule is CC(Cn1cnc2c(N)ncnc21)OC[PH](=O)Oc1ccccc1N[C@@H](C)C(=O)OC(C)(C)C. The maximum absolute atomic E-state index is 12.6. The van der Waals surface area contributed by atoms with Crippen LogP contribution in [-0.2, 0) is 25.4 Å². The lowest BCUT2D eigenvalue weighted by atomic mass is 10.2. The van der Waals surface area contributed by atoms with E-state index >= 15 is 0 Å². The van der Waals surface area contributed by atoms with E-state index in [1.54, 1.807) is 62.9 Å². The number of hydrogen-bond acceptors (Lipinski definition) is 10. The van der Waals surface area contributed by atoms with Gasteiger partial charge in [0, 0.05) is 0 Å². The second-order valence-electron chi connectivity index (χ2n) is 8.82. The van der Waals surface area contributed by atoms with Crippen LogP contribution >= 0.6 is 8.03 Å². The smallest absolute Gasteiger partial charge is 0.328 e. The minimum atomic E-state index is -2.57. The van der Waals surface area contributed by atoms with Crippen LogP contribution in [0.4, 0.5) is 11.5 Å². The summed E-state index contributed by atoms with van der Waals surface area (Å²) in [5, 5.41) is 3.06. The normalized spacial score (nSPS) is 14.4. The van der Waals surface area contributed by atoms with Gasteiger partial charge in [0.1, 0.15) is 35.6 Å². The number of imidazole rings is 1. The first-order valence-electron chi connectivity index (χ1n) is 10.9. The zero-order chi connectivity index (χ0) is 24.9. The highest BCUT2D eigenvalue weighted by Crippen LogP contribution is 2.34. The van der Waals surface area contributed by atoms with Crippen molar-refractivity contribution in [1.82, 2.24) is 19.5 Å². The Hall–Kier alpha value is -3.17. The molecule has 12 heteroatoms. The van der Waals surface area contributed by atoms with Gasteiger partial charge < -0.3 is 29.6 Å². The second-order valence-corrected chi connectivity index (χ2v) is 10.1. The van der Waals surface area contributed by atoms with Crippen LogP contribution in [0.1, 0.15) is 34.6 Å². The molecule has 0 aliphatic rings. The van der Waals surface area contributed by atoms with Crippen molar-refractivity contribution < 1.29 is 23.4 Å². The quantitative estimate of drug-likeness (QED) is 0.320. The molecule has 3 atom stereocenters. The molecule has 34 heavy (non-hydrogen) atoms. The van der Waals surface area contributed by atoms with Crippen molar-refractivity contribution in [1.29, 1.82) is 0 Å². The van der Waals surface area contributed by atoms with E-state index in [2.05, 4.69) is 20.3 Å². The van der Waals surface area contributed by atoms with Crippen LogP contribution in [0.15, 0.2) is 36.9 Å². The van der Waals surface area contributed by atoms with Gasteiger partial charge in [-0.05, 0) is 46.8 Å². The van der Waals surface area contributed by atoms with Crippen LogP contribution in [-0.4, -0.2) is 49.6 Å². The summed E-state index contributed by atoms with van der Waals surface area (Å²) < 4.78 is 31.2. The summed E-state index contributed by atoms with van der Waals surface area (Å²) in [4.78, 5) is 24.6. The van der Waals surface area contributed by atoms with E-state index in [1.807, 2.05) is 6.92 Å². The van der Waals surface area contributed by atoms with Crippen molar-refractivity contribution in [2.45, 2.75) is 58.9 Å². The molecule has 3 N–H and O–H groups in total. The van der Waals surface area contributed by atoms with Crippen LogP contribution in [0.3, 0.4) is 0 Å². The fourth-order valence-electron chi connectivity index (χ4n) is 3.08. The van der Waals surface area contributed by atoms with E-state index in [0.29, 0.717) is 35.0 Å². The lowest BCUT2D eigenvalue weighted by Gasteiger charge is -2.23. The van der Waals surface area contributed by atoms with Gasteiger partial charge in [0.25, 0.3) is 8.03 Å². The third-order valence-corrected chi connectivity index (χ3v) is 5.46. The molecule has 0 bridgehead atoms. The number of aromatic nitrogens is 4. The fraction of sp³-hybridized carbons (Fsp3) is 0.455. The highest BCUT2D eigenvalue weighted by atomic mass is 31.1. The summed E-state index contributed by atoms with van der Waals surface area (Å²) in [6.45, 7) is 9.40. The lowest BCUT2D eigenvalue weighted by Crippen LogP contribution is -2.34. The van der Waals surface area contributed by atoms with E-state index in [-0.39, 0.29) is 12.5 Å². The average Bonchev–Trinajstić information content (AvgIpc) is 3.16. The predicted octanol–water partition coefficient (Wildman–Crippen LogP) is 3.47. The fourth-order valence-corrected chi connectivity index (χ4v) is 3.98. The summed E-state index contributed by atoms with van der Waals surface area (Å²) in [7, 11) is -2.57. The Morgan fingerprint density at radius 1 is 1.21 bits per heavy atom. The molecule has 0 fully saturated rings. The van der Waals surface area contributed by atoms with Crippen molar-refractivity contribution in [2.75, 3.05) is 17.4 Å². The van der Waals surface area contributed by atoms with Gasteiger partial charge in [-0.3, -0.25) is 4.57 Å². The number of rotatable bonds is 10. The zero-order valence-electron chi connectivity index (χ0n) is 19.9. The number of nitrogens with one attached hydrogen (secondary N) is 1. The Morgan fingerprint density at radius 2 is 1.94 bits per heavy atom. The van der Waals surface area contributed by atoms with Gasteiger partial charge in [-0.2, -0.15) is 0 Å². The first-order valence-corrected chi connectivity index (χ1v) is 12.4. The predicted molar refractivity (Wildman–Crippen MR) is 130 cm³/mol. The molecule has 0 spiro atoms. The Bertz CT molecular complexity index is 1160. The van der Waals surface area contributed by atoms with E-state index in [1.165, 1.54) is 6.33 Å². The van der Waals surface area contributed by atoms with Crippen molar-refractivity contribution in [3.63, 3.8) is 0 Å². The van der Waals surface area contributed by atoms with Gasteiger partial charge >= 0.3 is 5.97 Å². The van der Waals surface area contributed by atoms with Gasteiger partial charge in [0.2, 0.25) is 0 Å². The van der Waals surface area contributed by atoms with Crippen LogP contribution in [0, 0.1) is 0 Å². The summed E-state index contributed by atoms with van der Waals surface area (Å²) in [6.07, 6.45) is 2.63. The number of esters is 1. The van der Waals surface area contributed by atoms with E-state index in [0.717, 1.165) is 0 Å². The molecule has 0 aliphatic carbocycles. The number of anilines is 2. The topological polar surface area (TPSA) is 143 Å². The monoisotopic (exact) mass is 490 g/mol. The molecule has 0 radical (unpaired) electrons. The third kappa shape index (κ3) is 6.91. The third-order valence-electron chi connectivity index (χ3n) is 4.61. The molecule has 0 aliphatic heterocycles. The van der Waals surface area contributed by atoms with Gasteiger partial charge in [0.05, 0.1) is 24.7 Å². The molecular formula is C22H31N6O5P. The Kier molecular flexibility index (Phi) is 8.11. The van der Waals surface area contributed by atoms with Gasteiger partial charge in [-0.1, -0.05) is 12.1 Å². The molecular weight excluding hydrogens is 459 g/mol. The van der Waals surface area contributed by atoms with Crippen molar-refractivity contribution in [3.05, 3.63) is 36.9 Å². The molecule has 0 amide bonds. The van der Waals surface area contributed by atoms with Crippen LogP contribution < -0.4 is 15.6 Å². The molecule has 3 aromatic rings. The number of benzene rings is 1. The number of nitrogens with zero attached hydrogens (tertiary/aromatic N) is 4. The highest BCUT2D eigenvalue weighted by Gasteiger charge is 2.22. The van der Waals surface area contributed by atoms with Gasteiger partial charge in [-0.15, -0.1) is 0 Å². The number of carbonyl (C=O) groups excluding carboxylic acids is 1. The Labute approximate surface area is 198 Å². The average molecular weight is 491 g/mol. The second kappa shape index (κ2) is 10.8. The number of nitrogen functional groups attached to an aromatic ring is 1. The number of para-hydroxylation sites is 2. The molecule has 184 valence electrons. The number of fused-ring (bicyclic) bond motifs is 1. The lowest BCUT2D eigenvalue weighted by molar-refractivity contribution is -0.155. The number of carbonyl (C=O) groups is 1. The van der Waals surface area contributed by atoms with E-state index in [9.17, 15) is 9.36 Å². The van der Waals surface area contributed by atoms with Crippen molar-refractivity contribution in [3.8, 4) is 5.75 Å². The zero-order valence-corrected chi connectivity index (χ0v) is 20.9. The highest BCUT2D eigenvalue weighted by molar-refractivity contribution is 7.39. The summed E-state index contributed by atoms with van der Waals surface area (Å²) >= 11 is 0. The molecule has 2 aromatic heterocycles. The Balaban J connectivity index is 1.54.